The number of rotatable bonds is 2. The van der Waals surface area contributed by atoms with Gasteiger partial charge in [-0.05, 0) is 78.2 Å². The molecule has 0 fully saturated rings. The van der Waals surface area contributed by atoms with E-state index in [2.05, 4.69) is 121 Å². The van der Waals surface area contributed by atoms with Crippen LogP contribution in [0.3, 0.4) is 0 Å². The van der Waals surface area contributed by atoms with Gasteiger partial charge in [0, 0.05) is 0 Å². The molecule has 0 atom stereocenters. The van der Waals surface area contributed by atoms with Crippen LogP contribution in [0.5, 0.6) is 0 Å². The normalized spacial score (nSPS) is 11.8. The summed E-state index contributed by atoms with van der Waals surface area (Å²) in [6, 6.07) is 44.2. The fourth-order valence-corrected chi connectivity index (χ4v) is 5.27. The molecule has 32 heavy (non-hydrogen) atoms. The van der Waals surface area contributed by atoms with Crippen LogP contribution in [-0.4, -0.2) is 0 Å². The number of hydrogen-bond acceptors (Lipinski definition) is 0. The van der Waals surface area contributed by atoms with Crippen LogP contribution in [-0.2, 0) is 0 Å². The number of fused-ring (bicyclic) bond motifs is 5. The maximum Gasteiger partial charge on any atom is -0.00199 e. The van der Waals surface area contributed by atoms with Crippen LogP contribution in [0, 0.1) is 0 Å². The van der Waals surface area contributed by atoms with Gasteiger partial charge in [-0.2, -0.15) is 0 Å². The zero-order chi connectivity index (χ0) is 21.1. The summed E-state index contributed by atoms with van der Waals surface area (Å²) in [5, 5.41) is 5.37. The number of hydrogen-bond donors (Lipinski definition) is 0. The van der Waals surface area contributed by atoms with Crippen molar-refractivity contribution in [1.29, 1.82) is 0 Å². The predicted octanol–water partition coefficient (Wildman–Crippen LogP) is 8.97. The highest BCUT2D eigenvalue weighted by Crippen LogP contribution is 2.50. The highest BCUT2D eigenvalue weighted by molar-refractivity contribution is 6.23. The summed E-state index contributed by atoms with van der Waals surface area (Å²) >= 11 is 0. The molecule has 7 rings (SSSR count). The fourth-order valence-electron chi connectivity index (χ4n) is 5.27. The third-order valence-electron chi connectivity index (χ3n) is 6.81. The molecule has 0 N–H and O–H groups in total. The van der Waals surface area contributed by atoms with Crippen molar-refractivity contribution in [3.8, 4) is 44.5 Å². The highest BCUT2D eigenvalue weighted by Gasteiger charge is 2.22. The molecular formula is C32H20. The van der Waals surface area contributed by atoms with Gasteiger partial charge in [0.15, 0.2) is 0 Å². The Morgan fingerprint density at radius 3 is 1.81 bits per heavy atom. The third-order valence-corrected chi connectivity index (χ3v) is 6.81. The molecule has 0 heterocycles. The van der Waals surface area contributed by atoms with Gasteiger partial charge >= 0.3 is 0 Å². The zero-order valence-electron chi connectivity index (χ0n) is 17.5. The van der Waals surface area contributed by atoms with Crippen LogP contribution in [0.25, 0.3) is 66.1 Å². The zero-order valence-corrected chi connectivity index (χ0v) is 17.5. The molecule has 0 amide bonds. The van der Waals surface area contributed by atoms with E-state index in [9.17, 15) is 0 Å². The Morgan fingerprint density at radius 1 is 0.312 bits per heavy atom. The van der Waals surface area contributed by atoms with Gasteiger partial charge in [0.1, 0.15) is 0 Å². The largest absolute Gasteiger partial charge is 0.0622 e. The van der Waals surface area contributed by atoms with Gasteiger partial charge in [0.2, 0.25) is 0 Å². The minimum Gasteiger partial charge on any atom is -0.0622 e. The molecule has 1 aliphatic carbocycles. The van der Waals surface area contributed by atoms with E-state index >= 15 is 0 Å². The van der Waals surface area contributed by atoms with Crippen molar-refractivity contribution in [1.82, 2.24) is 0 Å². The monoisotopic (exact) mass is 404 g/mol. The van der Waals surface area contributed by atoms with E-state index in [4.69, 9.17) is 0 Å². The lowest BCUT2D eigenvalue weighted by molar-refractivity contribution is 1.59. The van der Waals surface area contributed by atoms with Crippen molar-refractivity contribution in [2.75, 3.05) is 0 Å². The quantitative estimate of drug-likeness (QED) is 0.252. The third kappa shape index (κ3) is 2.50. The molecule has 6 aromatic carbocycles. The molecule has 0 radical (unpaired) electrons. The van der Waals surface area contributed by atoms with E-state index in [1.54, 1.807) is 0 Å². The first-order chi connectivity index (χ1) is 15.9. The van der Waals surface area contributed by atoms with Crippen LogP contribution in [0.2, 0.25) is 0 Å². The van der Waals surface area contributed by atoms with E-state index < -0.39 is 0 Å². The molecule has 0 aromatic heterocycles. The summed E-state index contributed by atoms with van der Waals surface area (Å²) in [6.45, 7) is 0. The van der Waals surface area contributed by atoms with Gasteiger partial charge in [-0.15, -0.1) is 0 Å². The summed E-state index contributed by atoms with van der Waals surface area (Å²) in [7, 11) is 0. The second kappa shape index (κ2) is 6.67. The van der Waals surface area contributed by atoms with Crippen molar-refractivity contribution in [2.24, 2.45) is 0 Å². The van der Waals surface area contributed by atoms with Crippen LogP contribution < -0.4 is 0 Å². The van der Waals surface area contributed by atoms with Crippen LogP contribution in [0.15, 0.2) is 121 Å². The topological polar surface area (TPSA) is 0 Å². The number of benzene rings is 6. The van der Waals surface area contributed by atoms with Crippen molar-refractivity contribution >= 4 is 21.5 Å². The van der Waals surface area contributed by atoms with Crippen LogP contribution in [0.1, 0.15) is 0 Å². The van der Waals surface area contributed by atoms with Gasteiger partial charge in [-0.3, -0.25) is 0 Å². The van der Waals surface area contributed by atoms with Gasteiger partial charge in [0.05, 0.1) is 0 Å². The Morgan fingerprint density at radius 2 is 0.969 bits per heavy atom. The molecular weight excluding hydrogens is 384 g/mol. The standard InChI is InChI=1S/C32H20/c1-2-7-21(8-3-1)22-13-15-23(16-14-22)24-17-18-27-29-12-6-11-28-26-10-5-4-9-25(26)20-31(32(28)29)30(27)19-24/h1-20H. The Hall–Kier alpha value is -4.16. The van der Waals surface area contributed by atoms with Gasteiger partial charge < -0.3 is 0 Å². The second-order valence-electron chi connectivity index (χ2n) is 8.58. The van der Waals surface area contributed by atoms with E-state index in [0.29, 0.717) is 0 Å². The maximum absolute atomic E-state index is 2.37. The van der Waals surface area contributed by atoms with Crippen LogP contribution in [0.4, 0.5) is 0 Å². The van der Waals surface area contributed by atoms with E-state index in [1.165, 1.54) is 66.1 Å². The lowest BCUT2D eigenvalue weighted by Gasteiger charge is -2.09. The Balaban J connectivity index is 1.39. The molecule has 0 unspecified atom stereocenters. The van der Waals surface area contributed by atoms with Gasteiger partial charge in [-0.1, -0.05) is 109 Å². The minimum absolute atomic E-state index is 1.25. The maximum atomic E-state index is 2.37. The van der Waals surface area contributed by atoms with Crippen molar-refractivity contribution < 1.29 is 0 Å². The van der Waals surface area contributed by atoms with Crippen molar-refractivity contribution in [3.05, 3.63) is 121 Å². The lowest BCUT2D eigenvalue weighted by Crippen LogP contribution is -1.83. The average molecular weight is 405 g/mol. The van der Waals surface area contributed by atoms with E-state index in [-0.39, 0.29) is 0 Å². The van der Waals surface area contributed by atoms with Gasteiger partial charge in [-0.25, -0.2) is 0 Å². The molecule has 0 saturated heterocycles. The summed E-state index contributed by atoms with van der Waals surface area (Å²) in [5.41, 5.74) is 10.4. The Labute approximate surface area is 187 Å². The first kappa shape index (κ1) is 17.5. The summed E-state index contributed by atoms with van der Waals surface area (Å²) in [4.78, 5) is 0. The fraction of sp³-hybridized carbons (Fsp3) is 0. The van der Waals surface area contributed by atoms with Crippen molar-refractivity contribution in [3.63, 3.8) is 0 Å². The van der Waals surface area contributed by atoms with E-state index in [0.717, 1.165) is 0 Å². The molecule has 0 aliphatic heterocycles. The molecule has 0 bridgehead atoms. The van der Waals surface area contributed by atoms with Gasteiger partial charge in [0.25, 0.3) is 0 Å². The highest BCUT2D eigenvalue weighted by atomic mass is 14.3. The average Bonchev–Trinajstić information content (AvgIpc) is 3.19. The summed E-state index contributed by atoms with van der Waals surface area (Å²) in [6.07, 6.45) is 0. The summed E-state index contributed by atoms with van der Waals surface area (Å²) < 4.78 is 0. The second-order valence-corrected chi connectivity index (χ2v) is 8.58. The molecule has 1 aliphatic rings. The molecule has 0 heteroatoms. The lowest BCUT2D eigenvalue weighted by atomic mass is 9.95. The van der Waals surface area contributed by atoms with Crippen molar-refractivity contribution in [2.45, 2.75) is 0 Å². The smallest absolute Gasteiger partial charge is 0.00199 e. The molecule has 0 saturated carbocycles. The summed E-state index contributed by atoms with van der Waals surface area (Å²) in [5.74, 6) is 0. The first-order valence-electron chi connectivity index (χ1n) is 11.1. The molecule has 6 aromatic rings. The Bertz CT molecular complexity index is 1640. The molecule has 0 nitrogen and oxygen atoms in total. The molecule has 148 valence electrons. The first-order valence-corrected chi connectivity index (χ1v) is 11.1. The predicted molar refractivity (Wildman–Crippen MR) is 137 cm³/mol. The molecule has 0 spiro atoms. The van der Waals surface area contributed by atoms with Crippen LogP contribution >= 0.6 is 0 Å². The Kier molecular flexibility index (Phi) is 3.65. The minimum atomic E-state index is 1.25. The van der Waals surface area contributed by atoms with E-state index in [1.807, 2.05) is 0 Å². The SMILES string of the molecule is c1ccc(-c2ccc(-c3ccc4c(c3)-c3cc5ccccc5c5cccc-4c35)cc2)cc1.